The maximum absolute atomic E-state index is 13.4. The van der Waals surface area contributed by atoms with E-state index in [0.717, 1.165) is 48.3 Å². The lowest BCUT2D eigenvalue weighted by atomic mass is 9.69. The fourth-order valence-corrected chi connectivity index (χ4v) is 5.17. The SMILES string of the molecule is CCC1CCC(C2CCC(C=Cc3ccc(OC(F)(F)C(F)C(F)(F)F)cc3)CC2)CC1. The van der Waals surface area contributed by atoms with Gasteiger partial charge in [-0.2, -0.15) is 22.0 Å². The summed E-state index contributed by atoms with van der Waals surface area (Å²) in [6.07, 6.45) is 0.470. The second-order valence-corrected chi connectivity index (χ2v) is 9.36. The molecule has 2 saturated carbocycles. The average molecular weight is 463 g/mol. The molecule has 7 heteroatoms. The molecule has 1 aromatic rings. The number of ether oxygens (including phenoxy) is 1. The summed E-state index contributed by atoms with van der Waals surface area (Å²) in [6.45, 7) is 2.28. The van der Waals surface area contributed by atoms with Gasteiger partial charge in [-0.3, -0.25) is 0 Å². The van der Waals surface area contributed by atoms with E-state index >= 15 is 0 Å². The third-order valence-corrected chi connectivity index (χ3v) is 7.23. The van der Waals surface area contributed by atoms with Crippen LogP contribution in [0.2, 0.25) is 0 Å². The lowest BCUT2D eigenvalue weighted by molar-refractivity contribution is -0.304. The highest BCUT2D eigenvalue weighted by Gasteiger charge is 2.59. The molecule has 2 aliphatic rings. The predicted octanol–water partition coefficient (Wildman–Crippen LogP) is 8.59. The van der Waals surface area contributed by atoms with Crippen LogP contribution >= 0.6 is 0 Å². The van der Waals surface area contributed by atoms with Gasteiger partial charge < -0.3 is 4.74 Å². The fourth-order valence-electron chi connectivity index (χ4n) is 5.17. The first-order valence-electron chi connectivity index (χ1n) is 11.6. The van der Waals surface area contributed by atoms with Crippen molar-refractivity contribution in [3.8, 4) is 5.75 Å². The molecule has 0 amide bonds. The molecule has 0 spiro atoms. The highest BCUT2D eigenvalue weighted by molar-refractivity contribution is 5.50. The Bertz CT molecular complexity index is 726. The summed E-state index contributed by atoms with van der Waals surface area (Å²) in [6, 6.07) is 5.20. The lowest BCUT2D eigenvalue weighted by Gasteiger charge is -2.37. The highest BCUT2D eigenvalue weighted by Crippen LogP contribution is 2.42. The van der Waals surface area contributed by atoms with Gasteiger partial charge in [0.2, 0.25) is 0 Å². The van der Waals surface area contributed by atoms with Crippen LogP contribution in [0.25, 0.3) is 6.08 Å². The molecule has 2 aliphatic carbocycles. The van der Waals surface area contributed by atoms with Crippen LogP contribution in [0, 0.1) is 23.7 Å². The zero-order valence-electron chi connectivity index (χ0n) is 18.4. The maximum atomic E-state index is 13.4. The first kappa shape index (κ1) is 25.0. The number of hydrogen-bond acceptors (Lipinski definition) is 1. The van der Waals surface area contributed by atoms with Crippen molar-refractivity contribution < 1.29 is 31.1 Å². The van der Waals surface area contributed by atoms with Crippen molar-refractivity contribution in [1.82, 2.24) is 0 Å². The molecule has 0 saturated heterocycles. The van der Waals surface area contributed by atoms with Crippen molar-refractivity contribution in [2.24, 2.45) is 23.7 Å². The molecule has 32 heavy (non-hydrogen) atoms. The van der Waals surface area contributed by atoms with Gasteiger partial charge in [-0.15, -0.1) is 0 Å². The number of alkyl halides is 6. The van der Waals surface area contributed by atoms with Gasteiger partial charge in [-0.25, -0.2) is 4.39 Å². The van der Waals surface area contributed by atoms with Gasteiger partial charge in [0, 0.05) is 0 Å². The number of allylic oxidation sites excluding steroid dienone is 1. The topological polar surface area (TPSA) is 9.23 Å². The predicted molar refractivity (Wildman–Crippen MR) is 113 cm³/mol. The van der Waals surface area contributed by atoms with Gasteiger partial charge in [-0.1, -0.05) is 50.5 Å². The number of hydrogen-bond donors (Lipinski definition) is 0. The van der Waals surface area contributed by atoms with E-state index in [1.165, 1.54) is 57.1 Å². The Morgan fingerprint density at radius 2 is 1.41 bits per heavy atom. The summed E-state index contributed by atoms with van der Waals surface area (Å²) in [4.78, 5) is 0. The Morgan fingerprint density at radius 3 is 1.91 bits per heavy atom. The minimum atomic E-state index is -5.69. The van der Waals surface area contributed by atoms with E-state index in [2.05, 4.69) is 17.7 Å². The quantitative estimate of drug-likeness (QED) is 0.369. The Hall–Kier alpha value is -1.66. The molecular formula is C25H32F6O. The Labute approximate surface area is 186 Å². The van der Waals surface area contributed by atoms with Crippen LogP contribution in [-0.4, -0.2) is 18.5 Å². The van der Waals surface area contributed by atoms with E-state index in [4.69, 9.17) is 0 Å². The van der Waals surface area contributed by atoms with Crippen molar-refractivity contribution in [3.05, 3.63) is 35.9 Å². The number of halogens is 6. The van der Waals surface area contributed by atoms with Gasteiger partial charge in [0.05, 0.1) is 0 Å². The van der Waals surface area contributed by atoms with Crippen LogP contribution in [0.4, 0.5) is 26.3 Å². The molecule has 1 atom stereocenters. The van der Waals surface area contributed by atoms with Crippen LogP contribution in [0.3, 0.4) is 0 Å². The van der Waals surface area contributed by atoms with E-state index in [1.54, 1.807) is 0 Å². The van der Waals surface area contributed by atoms with E-state index in [1.807, 2.05) is 6.08 Å². The first-order chi connectivity index (χ1) is 15.1. The highest BCUT2D eigenvalue weighted by atomic mass is 19.4. The van der Waals surface area contributed by atoms with E-state index in [9.17, 15) is 26.3 Å². The molecule has 0 bridgehead atoms. The Balaban J connectivity index is 1.46. The summed E-state index contributed by atoms with van der Waals surface area (Å²) in [5.41, 5.74) is 0.730. The van der Waals surface area contributed by atoms with Gasteiger partial charge >= 0.3 is 12.3 Å². The standard InChI is InChI=1S/C25H32F6O/c1-2-17-5-11-20(12-6-17)21-13-7-18(8-14-21)3-4-19-9-15-22(16-10-19)32-25(30,31)23(26)24(27,28)29/h3-4,9-10,15-18,20-21,23H,2,5-8,11-14H2,1H3. The van der Waals surface area contributed by atoms with Crippen molar-refractivity contribution in [3.63, 3.8) is 0 Å². The zero-order chi connectivity index (χ0) is 23.4. The second kappa shape index (κ2) is 10.5. The molecule has 180 valence electrons. The molecule has 0 aromatic heterocycles. The first-order valence-corrected chi connectivity index (χ1v) is 11.6. The third kappa shape index (κ3) is 6.67. The molecule has 0 aliphatic heterocycles. The average Bonchev–Trinajstić information content (AvgIpc) is 2.78. The normalized spacial score (nSPS) is 28.6. The van der Waals surface area contributed by atoms with Gasteiger partial charge in [0.1, 0.15) is 5.75 Å². The monoisotopic (exact) mass is 462 g/mol. The van der Waals surface area contributed by atoms with E-state index < -0.39 is 24.2 Å². The van der Waals surface area contributed by atoms with Crippen molar-refractivity contribution in [2.45, 2.75) is 83.2 Å². The fraction of sp³-hybridized carbons (Fsp3) is 0.680. The van der Waals surface area contributed by atoms with E-state index in [-0.39, 0.29) is 0 Å². The zero-order valence-corrected chi connectivity index (χ0v) is 18.4. The summed E-state index contributed by atoms with van der Waals surface area (Å²) < 4.78 is 80.3. The van der Waals surface area contributed by atoms with Crippen molar-refractivity contribution in [1.29, 1.82) is 0 Å². The minimum Gasteiger partial charge on any atom is -0.430 e. The minimum absolute atomic E-state index is 0.470. The van der Waals surface area contributed by atoms with Crippen molar-refractivity contribution in [2.75, 3.05) is 0 Å². The van der Waals surface area contributed by atoms with E-state index in [0.29, 0.717) is 5.92 Å². The second-order valence-electron chi connectivity index (χ2n) is 9.36. The van der Waals surface area contributed by atoms with Gasteiger partial charge in [0.15, 0.2) is 0 Å². The Kier molecular flexibility index (Phi) is 8.21. The van der Waals surface area contributed by atoms with Crippen LogP contribution in [0.5, 0.6) is 5.75 Å². The summed E-state index contributed by atoms with van der Waals surface area (Å²) in [7, 11) is 0. The van der Waals surface area contributed by atoms with Gasteiger partial charge in [0.25, 0.3) is 6.17 Å². The molecule has 2 fully saturated rings. The van der Waals surface area contributed by atoms with Crippen LogP contribution < -0.4 is 4.74 Å². The molecule has 1 nitrogen and oxygen atoms in total. The smallest absolute Gasteiger partial charge is 0.430 e. The van der Waals surface area contributed by atoms with Gasteiger partial charge in [-0.05, 0) is 79.9 Å². The van der Waals surface area contributed by atoms with Crippen molar-refractivity contribution >= 4 is 6.08 Å². The third-order valence-electron chi connectivity index (χ3n) is 7.23. The summed E-state index contributed by atoms with van der Waals surface area (Å²) in [5, 5.41) is 0. The lowest BCUT2D eigenvalue weighted by Crippen LogP contribution is -2.45. The number of rotatable bonds is 7. The van der Waals surface area contributed by atoms with Crippen LogP contribution in [0.1, 0.15) is 70.3 Å². The van der Waals surface area contributed by atoms with Crippen LogP contribution in [-0.2, 0) is 0 Å². The molecule has 0 N–H and O–H groups in total. The van der Waals surface area contributed by atoms with Crippen LogP contribution in [0.15, 0.2) is 30.3 Å². The maximum Gasteiger partial charge on any atom is 0.439 e. The molecule has 1 aromatic carbocycles. The summed E-state index contributed by atoms with van der Waals surface area (Å²) in [5.74, 6) is 2.56. The summed E-state index contributed by atoms with van der Waals surface area (Å²) >= 11 is 0. The number of benzene rings is 1. The molecule has 3 rings (SSSR count). The molecule has 0 heterocycles. The Morgan fingerprint density at radius 1 is 0.875 bits per heavy atom. The largest absolute Gasteiger partial charge is 0.439 e. The molecule has 0 radical (unpaired) electrons. The molecular weight excluding hydrogens is 430 g/mol. The molecule has 1 unspecified atom stereocenters.